The van der Waals surface area contributed by atoms with E-state index in [1.807, 2.05) is 6.07 Å². The minimum atomic E-state index is -0.189. The lowest BCUT2D eigenvalue weighted by Gasteiger charge is -2.11. The molecule has 0 aromatic heterocycles. The Hall–Kier alpha value is -0.890. The van der Waals surface area contributed by atoms with E-state index >= 15 is 0 Å². The van der Waals surface area contributed by atoms with Crippen LogP contribution in [0.15, 0.2) is 24.3 Å². The van der Waals surface area contributed by atoms with Crippen molar-refractivity contribution in [2.45, 2.75) is 32.2 Å². The van der Waals surface area contributed by atoms with Gasteiger partial charge in [-0.3, -0.25) is 0 Å². The molecule has 0 aliphatic carbocycles. The Morgan fingerprint density at radius 2 is 2.08 bits per heavy atom. The van der Waals surface area contributed by atoms with Crippen LogP contribution in [0.3, 0.4) is 0 Å². The van der Waals surface area contributed by atoms with Crippen LogP contribution in [0.1, 0.15) is 37.8 Å². The molecule has 72 valence electrons. The second-order valence-electron chi connectivity index (χ2n) is 3.27. The van der Waals surface area contributed by atoms with Gasteiger partial charge in [-0.05, 0) is 12.5 Å². The maximum Gasteiger partial charge on any atom is 0.127 e. The Bertz CT molecular complexity index is 260. The second kappa shape index (κ2) is 4.97. The summed E-state index contributed by atoms with van der Waals surface area (Å²) in [6.07, 6.45) is 3.01. The van der Waals surface area contributed by atoms with Crippen molar-refractivity contribution in [1.82, 2.24) is 0 Å². The summed E-state index contributed by atoms with van der Waals surface area (Å²) < 4.78 is 13.2. The summed E-state index contributed by atoms with van der Waals surface area (Å²) in [6, 6.07) is 6.58. The van der Waals surface area contributed by atoms with Gasteiger partial charge >= 0.3 is 0 Å². The minimum Gasteiger partial charge on any atom is -0.324 e. The zero-order valence-electron chi connectivity index (χ0n) is 7.96. The second-order valence-corrected chi connectivity index (χ2v) is 3.27. The van der Waals surface area contributed by atoms with Crippen molar-refractivity contribution in [1.29, 1.82) is 0 Å². The fourth-order valence-electron chi connectivity index (χ4n) is 1.36. The average Bonchev–Trinajstić information content (AvgIpc) is 2.15. The summed E-state index contributed by atoms with van der Waals surface area (Å²) in [4.78, 5) is 0. The molecule has 0 bridgehead atoms. The van der Waals surface area contributed by atoms with Gasteiger partial charge in [0.25, 0.3) is 0 Å². The van der Waals surface area contributed by atoms with Crippen molar-refractivity contribution in [3.8, 4) is 0 Å². The molecule has 2 heteroatoms. The van der Waals surface area contributed by atoms with Crippen molar-refractivity contribution in [2.75, 3.05) is 0 Å². The highest BCUT2D eigenvalue weighted by molar-refractivity contribution is 5.20. The average molecular weight is 181 g/mol. The lowest BCUT2D eigenvalue weighted by atomic mass is 10.0. The molecule has 0 fully saturated rings. The van der Waals surface area contributed by atoms with Gasteiger partial charge in [-0.2, -0.15) is 0 Å². The van der Waals surface area contributed by atoms with Gasteiger partial charge in [-0.25, -0.2) is 4.39 Å². The van der Waals surface area contributed by atoms with Crippen LogP contribution in [0.5, 0.6) is 0 Å². The molecule has 13 heavy (non-hydrogen) atoms. The SMILES string of the molecule is CCCC[C@@H](N)c1ccccc1F. The molecule has 2 N–H and O–H groups in total. The van der Waals surface area contributed by atoms with Crippen LogP contribution in [0.2, 0.25) is 0 Å². The molecule has 0 saturated carbocycles. The zero-order chi connectivity index (χ0) is 9.68. The van der Waals surface area contributed by atoms with Crippen LogP contribution in [0, 0.1) is 5.82 Å². The van der Waals surface area contributed by atoms with E-state index in [0.717, 1.165) is 19.3 Å². The highest BCUT2D eigenvalue weighted by atomic mass is 19.1. The summed E-state index contributed by atoms with van der Waals surface area (Å²) in [7, 11) is 0. The van der Waals surface area contributed by atoms with Gasteiger partial charge < -0.3 is 5.73 Å². The first-order valence-corrected chi connectivity index (χ1v) is 4.75. The molecular weight excluding hydrogens is 165 g/mol. The maximum atomic E-state index is 13.2. The number of nitrogens with two attached hydrogens (primary N) is 1. The molecule has 1 aromatic rings. The summed E-state index contributed by atoms with van der Waals surface area (Å²) in [5.74, 6) is -0.189. The Morgan fingerprint density at radius 3 is 2.69 bits per heavy atom. The van der Waals surface area contributed by atoms with E-state index < -0.39 is 0 Å². The van der Waals surface area contributed by atoms with Gasteiger partial charge in [0, 0.05) is 11.6 Å². The van der Waals surface area contributed by atoms with E-state index in [-0.39, 0.29) is 11.9 Å². The highest BCUT2D eigenvalue weighted by Crippen LogP contribution is 2.19. The standard InChI is InChI=1S/C11H16FN/c1-2-3-8-11(13)9-6-4-5-7-10(9)12/h4-7,11H,2-3,8,13H2,1H3/t11-/m1/s1. The lowest BCUT2D eigenvalue weighted by molar-refractivity contribution is 0.548. The molecule has 0 amide bonds. The molecular formula is C11H16FN. The predicted octanol–water partition coefficient (Wildman–Crippen LogP) is 3.02. The summed E-state index contributed by atoms with van der Waals surface area (Å²) in [6.45, 7) is 2.11. The molecule has 0 aliphatic heterocycles. The summed E-state index contributed by atoms with van der Waals surface area (Å²) in [5, 5.41) is 0. The molecule has 0 heterocycles. The highest BCUT2D eigenvalue weighted by Gasteiger charge is 2.09. The van der Waals surface area contributed by atoms with E-state index in [0.29, 0.717) is 5.56 Å². The molecule has 0 saturated heterocycles. The number of rotatable bonds is 4. The molecule has 0 unspecified atom stereocenters. The third kappa shape index (κ3) is 2.81. The van der Waals surface area contributed by atoms with Crippen molar-refractivity contribution in [3.05, 3.63) is 35.6 Å². The van der Waals surface area contributed by atoms with E-state index in [1.54, 1.807) is 12.1 Å². The van der Waals surface area contributed by atoms with Crippen molar-refractivity contribution in [3.63, 3.8) is 0 Å². The van der Waals surface area contributed by atoms with Crippen molar-refractivity contribution in [2.24, 2.45) is 5.73 Å². The monoisotopic (exact) mass is 181 g/mol. The largest absolute Gasteiger partial charge is 0.324 e. The van der Waals surface area contributed by atoms with Gasteiger partial charge in [0.2, 0.25) is 0 Å². The number of hydrogen-bond donors (Lipinski definition) is 1. The maximum absolute atomic E-state index is 13.2. The molecule has 0 aliphatic rings. The smallest absolute Gasteiger partial charge is 0.127 e. The fourth-order valence-corrected chi connectivity index (χ4v) is 1.36. The van der Waals surface area contributed by atoms with Crippen LogP contribution < -0.4 is 5.73 Å². The lowest BCUT2D eigenvalue weighted by Crippen LogP contribution is -2.11. The molecule has 1 aromatic carbocycles. The zero-order valence-corrected chi connectivity index (χ0v) is 7.96. The first-order valence-electron chi connectivity index (χ1n) is 4.75. The normalized spacial score (nSPS) is 12.8. The first-order chi connectivity index (χ1) is 6.25. The summed E-state index contributed by atoms with van der Waals surface area (Å²) in [5.41, 5.74) is 6.48. The van der Waals surface area contributed by atoms with Crippen LogP contribution in [0.25, 0.3) is 0 Å². The number of hydrogen-bond acceptors (Lipinski definition) is 1. The molecule has 0 radical (unpaired) electrons. The topological polar surface area (TPSA) is 26.0 Å². The van der Waals surface area contributed by atoms with Gasteiger partial charge in [-0.1, -0.05) is 38.0 Å². The Labute approximate surface area is 78.8 Å². The van der Waals surface area contributed by atoms with Crippen LogP contribution in [-0.2, 0) is 0 Å². The van der Waals surface area contributed by atoms with Crippen molar-refractivity contribution >= 4 is 0 Å². The molecule has 1 atom stereocenters. The third-order valence-corrected chi connectivity index (χ3v) is 2.17. The van der Waals surface area contributed by atoms with Crippen molar-refractivity contribution < 1.29 is 4.39 Å². The molecule has 1 nitrogen and oxygen atoms in total. The Morgan fingerprint density at radius 1 is 1.38 bits per heavy atom. The first kappa shape index (κ1) is 10.2. The minimum absolute atomic E-state index is 0.152. The van der Waals surface area contributed by atoms with Gasteiger partial charge in [0.05, 0.1) is 0 Å². The molecule has 0 spiro atoms. The van der Waals surface area contributed by atoms with Gasteiger partial charge in [0.15, 0.2) is 0 Å². The van der Waals surface area contributed by atoms with Gasteiger partial charge in [0.1, 0.15) is 5.82 Å². The predicted molar refractivity (Wildman–Crippen MR) is 52.9 cm³/mol. The van der Waals surface area contributed by atoms with E-state index in [2.05, 4.69) is 6.92 Å². The number of unbranched alkanes of at least 4 members (excludes halogenated alkanes) is 1. The Balaban J connectivity index is 2.65. The number of halogens is 1. The number of benzene rings is 1. The van der Waals surface area contributed by atoms with E-state index in [1.165, 1.54) is 6.07 Å². The van der Waals surface area contributed by atoms with Crippen LogP contribution in [0.4, 0.5) is 4.39 Å². The van der Waals surface area contributed by atoms with E-state index in [9.17, 15) is 4.39 Å². The summed E-state index contributed by atoms with van der Waals surface area (Å²) >= 11 is 0. The molecule has 1 rings (SSSR count). The third-order valence-electron chi connectivity index (χ3n) is 2.17. The quantitative estimate of drug-likeness (QED) is 0.759. The Kier molecular flexibility index (Phi) is 3.90. The van der Waals surface area contributed by atoms with Gasteiger partial charge in [-0.15, -0.1) is 0 Å². The van der Waals surface area contributed by atoms with Crippen LogP contribution in [-0.4, -0.2) is 0 Å². The van der Waals surface area contributed by atoms with E-state index in [4.69, 9.17) is 5.73 Å². The van der Waals surface area contributed by atoms with Crippen LogP contribution >= 0.6 is 0 Å². The fraction of sp³-hybridized carbons (Fsp3) is 0.455.